The quantitative estimate of drug-likeness (QED) is 0.329. The van der Waals surface area contributed by atoms with Crippen LogP contribution in [0.2, 0.25) is 0 Å². The summed E-state index contributed by atoms with van der Waals surface area (Å²) < 4.78 is 54.9. The summed E-state index contributed by atoms with van der Waals surface area (Å²) >= 11 is 0. The molecule has 3 aromatic carbocycles. The fraction of sp³-hybridized carbons (Fsp3) is 0.241. The van der Waals surface area contributed by atoms with E-state index in [1.165, 1.54) is 24.3 Å². The minimum Gasteiger partial charge on any atom is -0.486 e. The molecular weight excluding hydrogens is 437 g/mol. The standard InChI is InChI=1S/C29H27F3O2/c1-3-5-19-6-14-26(34-18-19)24-12-11-22(17-25(24)30)20-7-9-21(10-8-20)23-13-15-27(33-16-4-2)29(32)28(23)31/h3-5,7-13,15,17,19,26H,2,6,14,16,18H2,1H3. The van der Waals surface area contributed by atoms with Crippen molar-refractivity contribution in [3.63, 3.8) is 0 Å². The first-order valence-electron chi connectivity index (χ1n) is 11.4. The van der Waals surface area contributed by atoms with E-state index in [2.05, 4.69) is 12.7 Å². The van der Waals surface area contributed by atoms with E-state index in [1.807, 2.05) is 19.1 Å². The molecule has 3 aromatic rings. The van der Waals surface area contributed by atoms with Crippen molar-refractivity contribution >= 4 is 0 Å². The van der Waals surface area contributed by atoms with Gasteiger partial charge in [-0.2, -0.15) is 4.39 Å². The summed E-state index contributed by atoms with van der Waals surface area (Å²) in [4.78, 5) is 0. The Morgan fingerprint density at radius 2 is 1.68 bits per heavy atom. The second kappa shape index (κ2) is 10.7. The van der Waals surface area contributed by atoms with E-state index in [0.717, 1.165) is 18.4 Å². The first-order chi connectivity index (χ1) is 16.5. The smallest absolute Gasteiger partial charge is 0.201 e. The summed E-state index contributed by atoms with van der Waals surface area (Å²) in [5.41, 5.74) is 2.69. The number of ether oxygens (including phenoxy) is 2. The Labute approximate surface area is 198 Å². The summed E-state index contributed by atoms with van der Waals surface area (Å²) in [7, 11) is 0. The lowest BCUT2D eigenvalue weighted by Crippen LogP contribution is -2.20. The van der Waals surface area contributed by atoms with Crippen LogP contribution in [-0.2, 0) is 4.74 Å². The molecule has 0 spiro atoms. The van der Waals surface area contributed by atoms with Gasteiger partial charge in [0.1, 0.15) is 12.4 Å². The average Bonchev–Trinajstić information content (AvgIpc) is 2.86. The molecule has 1 fully saturated rings. The predicted molar refractivity (Wildman–Crippen MR) is 129 cm³/mol. The van der Waals surface area contributed by atoms with Gasteiger partial charge < -0.3 is 9.47 Å². The lowest BCUT2D eigenvalue weighted by molar-refractivity contribution is -0.00711. The van der Waals surface area contributed by atoms with Gasteiger partial charge >= 0.3 is 0 Å². The molecule has 0 amide bonds. The summed E-state index contributed by atoms with van der Waals surface area (Å²) in [6.07, 6.45) is 7.12. The number of allylic oxidation sites excluding steroid dienone is 1. The van der Waals surface area contributed by atoms with E-state index in [9.17, 15) is 13.2 Å². The maximum atomic E-state index is 14.9. The van der Waals surface area contributed by atoms with Crippen molar-refractivity contribution in [3.05, 3.63) is 102 Å². The normalized spacial score (nSPS) is 18.2. The van der Waals surface area contributed by atoms with Gasteiger partial charge in [-0.25, -0.2) is 8.78 Å². The van der Waals surface area contributed by atoms with Crippen molar-refractivity contribution in [2.45, 2.75) is 25.9 Å². The molecule has 2 unspecified atom stereocenters. The van der Waals surface area contributed by atoms with Crippen LogP contribution in [0, 0.1) is 23.4 Å². The van der Waals surface area contributed by atoms with Crippen LogP contribution in [0.4, 0.5) is 13.2 Å². The summed E-state index contributed by atoms with van der Waals surface area (Å²) in [5, 5.41) is 0. The molecule has 0 aliphatic carbocycles. The Balaban J connectivity index is 1.51. The zero-order valence-electron chi connectivity index (χ0n) is 19.1. The monoisotopic (exact) mass is 464 g/mol. The first-order valence-corrected chi connectivity index (χ1v) is 11.4. The molecule has 0 N–H and O–H groups in total. The van der Waals surface area contributed by atoms with Gasteiger partial charge in [0.15, 0.2) is 11.6 Å². The highest BCUT2D eigenvalue weighted by molar-refractivity contribution is 5.71. The van der Waals surface area contributed by atoms with Crippen molar-refractivity contribution in [2.75, 3.05) is 13.2 Å². The Bertz CT molecular complexity index is 1180. The molecule has 1 heterocycles. The first kappa shape index (κ1) is 23.8. The van der Waals surface area contributed by atoms with Gasteiger partial charge in [-0.1, -0.05) is 61.2 Å². The second-order valence-electron chi connectivity index (χ2n) is 8.34. The van der Waals surface area contributed by atoms with Gasteiger partial charge in [0, 0.05) is 17.0 Å². The number of hydrogen-bond donors (Lipinski definition) is 0. The number of halogens is 3. The largest absolute Gasteiger partial charge is 0.486 e. The van der Waals surface area contributed by atoms with Gasteiger partial charge in [0.2, 0.25) is 5.82 Å². The van der Waals surface area contributed by atoms with E-state index in [0.29, 0.717) is 29.2 Å². The van der Waals surface area contributed by atoms with E-state index >= 15 is 0 Å². The molecule has 0 bridgehead atoms. The highest BCUT2D eigenvalue weighted by atomic mass is 19.2. The lowest BCUT2D eigenvalue weighted by Gasteiger charge is -2.28. The maximum absolute atomic E-state index is 14.9. The third-order valence-corrected chi connectivity index (χ3v) is 6.06. The predicted octanol–water partition coefficient (Wildman–Crippen LogP) is 8.05. The van der Waals surface area contributed by atoms with Crippen LogP contribution >= 0.6 is 0 Å². The highest BCUT2D eigenvalue weighted by Gasteiger charge is 2.24. The number of rotatable bonds is 7. The Hall–Kier alpha value is -3.31. The maximum Gasteiger partial charge on any atom is 0.201 e. The van der Waals surface area contributed by atoms with E-state index in [1.54, 1.807) is 30.3 Å². The third-order valence-electron chi connectivity index (χ3n) is 6.06. The molecule has 176 valence electrons. The number of hydrogen-bond acceptors (Lipinski definition) is 2. The van der Waals surface area contributed by atoms with Crippen LogP contribution in [0.15, 0.2) is 79.4 Å². The van der Waals surface area contributed by atoms with Crippen molar-refractivity contribution in [3.8, 4) is 28.0 Å². The minimum absolute atomic E-state index is 0.0867. The lowest BCUT2D eigenvalue weighted by atomic mass is 9.93. The van der Waals surface area contributed by atoms with Gasteiger partial charge in [-0.3, -0.25) is 0 Å². The molecule has 2 nitrogen and oxygen atoms in total. The molecule has 5 heteroatoms. The molecule has 0 saturated carbocycles. The van der Waals surface area contributed by atoms with Crippen molar-refractivity contribution in [1.82, 2.24) is 0 Å². The number of benzene rings is 3. The summed E-state index contributed by atoms with van der Waals surface area (Å²) in [6.45, 7) is 6.16. The van der Waals surface area contributed by atoms with E-state index < -0.39 is 11.6 Å². The second-order valence-corrected chi connectivity index (χ2v) is 8.34. The van der Waals surface area contributed by atoms with Crippen LogP contribution < -0.4 is 4.74 Å². The Morgan fingerprint density at radius 3 is 2.32 bits per heavy atom. The van der Waals surface area contributed by atoms with Gasteiger partial charge in [-0.05, 0) is 54.7 Å². The van der Waals surface area contributed by atoms with Crippen molar-refractivity contribution in [1.29, 1.82) is 0 Å². The topological polar surface area (TPSA) is 18.5 Å². The molecule has 34 heavy (non-hydrogen) atoms. The van der Waals surface area contributed by atoms with Crippen LogP contribution in [-0.4, -0.2) is 13.2 Å². The van der Waals surface area contributed by atoms with E-state index in [-0.39, 0.29) is 29.8 Å². The third kappa shape index (κ3) is 5.10. The average molecular weight is 465 g/mol. The SMILES string of the molecule is C=CCOc1ccc(-c2ccc(-c3ccc(C4CCC(C=CC)CO4)c(F)c3)cc2)c(F)c1F. The molecule has 1 aliphatic rings. The molecular formula is C29H27F3O2. The van der Waals surface area contributed by atoms with Gasteiger partial charge in [0.25, 0.3) is 0 Å². The molecule has 1 saturated heterocycles. The van der Waals surface area contributed by atoms with Crippen LogP contribution in [0.3, 0.4) is 0 Å². The molecule has 1 aliphatic heterocycles. The molecule has 2 atom stereocenters. The molecule has 4 rings (SSSR count). The van der Waals surface area contributed by atoms with Crippen LogP contribution in [0.25, 0.3) is 22.3 Å². The van der Waals surface area contributed by atoms with Crippen LogP contribution in [0.5, 0.6) is 5.75 Å². The zero-order chi connectivity index (χ0) is 24.1. The summed E-state index contributed by atoms with van der Waals surface area (Å²) in [6, 6.07) is 14.9. The highest BCUT2D eigenvalue weighted by Crippen LogP contribution is 2.35. The van der Waals surface area contributed by atoms with Gasteiger partial charge in [0.05, 0.1) is 12.7 Å². The molecule has 0 aromatic heterocycles. The Kier molecular flexibility index (Phi) is 7.53. The van der Waals surface area contributed by atoms with Crippen molar-refractivity contribution < 1.29 is 22.6 Å². The van der Waals surface area contributed by atoms with Crippen LogP contribution in [0.1, 0.15) is 31.4 Å². The minimum atomic E-state index is -1.04. The summed E-state index contributed by atoms with van der Waals surface area (Å²) in [5.74, 6) is -2.10. The zero-order valence-corrected chi connectivity index (χ0v) is 19.1. The fourth-order valence-electron chi connectivity index (χ4n) is 4.27. The molecule has 0 radical (unpaired) electrons. The van der Waals surface area contributed by atoms with E-state index in [4.69, 9.17) is 9.47 Å². The fourth-order valence-corrected chi connectivity index (χ4v) is 4.27. The van der Waals surface area contributed by atoms with Crippen molar-refractivity contribution in [2.24, 2.45) is 5.92 Å². The van der Waals surface area contributed by atoms with Gasteiger partial charge in [-0.15, -0.1) is 0 Å². The Morgan fingerprint density at radius 1 is 0.941 bits per heavy atom.